The van der Waals surface area contributed by atoms with E-state index >= 15 is 0 Å². The first kappa shape index (κ1) is 23.7. The summed E-state index contributed by atoms with van der Waals surface area (Å²) in [6.45, 7) is 2.39. The fourth-order valence-electron chi connectivity index (χ4n) is 4.99. The van der Waals surface area contributed by atoms with Gasteiger partial charge in [0.1, 0.15) is 23.0 Å². The standard InChI is InChI=1S/C27H31NO6/c1-4-34-20-12-8-9-17(15-20)24-23(25(29)21-14-13-19(32-2)16-22(21)33-3)26(30)27(31)28(24)18-10-6-5-7-11-18/h8-9,12-16,18,24,29H,4-7,10-11H2,1-3H3/b25-23-. The van der Waals surface area contributed by atoms with Crippen molar-refractivity contribution in [1.29, 1.82) is 0 Å². The SMILES string of the molecule is CCOc1cccc(C2/C(=C(/O)c3ccc(OC)cc3OC)C(=O)C(=O)N2C2CCCCC2)c1. The molecule has 1 amide bonds. The van der Waals surface area contributed by atoms with Crippen molar-refractivity contribution in [2.24, 2.45) is 0 Å². The Kier molecular flexibility index (Phi) is 7.10. The van der Waals surface area contributed by atoms with Crippen molar-refractivity contribution >= 4 is 17.4 Å². The first-order valence-corrected chi connectivity index (χ1v) is 11.7. The highest BCUT2D eigenvalue weighted by molar-refractivity contribution is 6.46. The maximum atomic E-state index is 13.4. The Morgan fingerprint density at radius 3 is 2.44 bits per heavy atom. The predicted molar refractivity (Wildman–Crippen MR) is 128 cm³/mol. The van der Waals surface area contributed by atoms with E-state index in [1.807, 2.05) is 31.2 Å². The molecule has 4 rings (SSSR count). The third kappa shape index (κ3) is 4.34. The molecule has 0 radical (unpaired) electrons. The monoisotopic (exact) mass is 465 g/mol. The van der Waals surface area contributed by atoms with Gasteiger partial charge >= 0.3 is 0 Å². The summed E-state index contributed by atoms with van der Waals surface area (Å²) in [6, 6.07) is 11.6. The molecule has 2 aromatic rings. The maximum absolute atomic E-state index is 13.4. The Balaban J connectivity index is 1.89. The second kappa shape index (κ2) is 10.2. The van der Waals surface area contributed by atoms with Crippen LogP contribution in [0.3, 0.4) is 0 Å². The van der Waals surface area contributed by atoms with Gasteiger partial charge in [0.2, 0.25) is 0 Å². The summed E-state index contributed by atoms with van der Waals surface area (Å²) in [5, 5.41) is 11.4. The molecule has 2 aromatic carbocycles. The molecule has 7 heteroatoms. The van der Waals surface area contributed by atoms with E-state index in [1.165, 1.54) is 14.2 Å². The van der Waals surface area contributed by atoms with Crippen LogP contribution in [0.5, 0.6) is 17.2 Å². The molecule has 1 aliphatic carbocycles. The third-order valence-corrected chi connectivity index (χ3v) is 6.60. The molecule has 1 unspecified atom stereocenters. The molecular formula is C27H31NO6. The number of amides is 1. The average molecular weight is 466 g/mol. The predicted octanol–water partition coefficient (Wildman–Crippen LogP) is 4.86. The smallest absolute Gasteiger partial charge is 0.295 e. The van der Waals surface area contributed by atoms with Crippen LogP contribution in [0.15, 0.2) is 48.0 Å². The molecule has 1 heterocycles. The molecule has 1 saturated carbocycles. The number of rotatable bonds is 7. The summed E-state index contributed by atoms with van der Waals surface area (Å²) < 4.78 is 16.4. The van der Waals surface area contributed by atoms with E-state index < -0.39 is 17.7 Å². The number of hydrogen-bond donors (Lipinski definition) is 1. The number of hydrogen-bond acceptors (Lipinski definition) is 6. The molecule has 2 fully saturated rings. The van der Waals surface area contributed by atoms with Crippen LogP contribution in [0.2, 0.25) is 0 Å². The van der Waals surface area contributed by atoms with Crippen LogP contribution in [0.25, 0.3) is 5.76 Å². The number of Topliss-reactive ketones (excluding diaryl/α,β-unsaturated/α-hetero) is 1. The first-order valence-electron chi connectivity index (χ1n) is 11.7. The molecule has 180 valence electrons. The van der Waals surface area contributed by atoms with Crippen LogP contribution >= 0.6 is 0 Å². The minimum absolute atomic E-state index is 0.0611. The number of aliphatic hydroxyl groups excluding tert-OH is 1. The van der Waals surface area contributed by atoms with Gasteiger partial charge in [0.05, 0.1) is 38.0 Å². The minimum Gasteiger partial charge on any atom is -0.507 e. The van der Waals surface area contributed by atoms with Gasteiger partial charge in [0.15, 0.2) is 0 Å². The molecule has 1 saturated heterocycles. The van der Waals surface area contributed by atoms with Crippen LogP contribution in [-0.2, 0) is 9.59 Å². The Labute approximate surface area is 199 Å². The molecule has 2 aliphatic rings. The van der Waals surface area contributed by atoms with Crippen molar-refractivity contribution < 1.29 is 28.9 Å². The van der Waals surface area contributed by atoms with E-state index in [-0.39, 0.29) is 17.4 Å². The molecule has 1 atom stereocenters. The minimum atomic E-state index is -0.713. The van der Waals surface area contributed by atoms with Crippen molar-refractivity contribution in [3.05, 3.63) is 59.2 Å². The number of likely N-dealkylation sites (tertiary alicyclic amines) is 1. The Bertz CT molecular complexity index is 1100. The van der Waals surface area contributed by atoms with Gasteiger partial charge in [-0.15, -0.1) is 0 Å². The lowest BCUT2D eigenvalue weighted by Crippen LogP contribution is -2.40. The highest BCUT2D eigenvalue weighted by Gasteiger charge is 2.49. The molecule has 1 N–H and O–H groups in total. The average Bonchev–Trinajstić information content (AvgIpc) is 3.14. The van der Waals surface area contributed by atoms with Gasteiger partial charge in [-0.1, -0.05) is 31.4 Å². The second-order valence-corrected chi connectivity index (χ2v) is 8.57. The van der Waals surface area contributed by atoms with Gasteiger partial charge in [-0.25, -0.2) is 0 Å². The number of aliphatic hydroxyl groups is 1. The fourth-order valence-corrected chi connectivity index (χ4v) is 4.99. The van der Waals surface area contributed by atoms with Crippen LogP contribution in [-0.4, -0.2) is 48.6 Å². The number of ketones is 1. The number of benzene rings is 2. The lowest BCUT2D eigenvalue weighted by molar-refractivity contribution is -0.141. The van der Waals surface area contributed by atoms with E-state index in [0.717, 1.165) is 37.7 Å². The normalized spacial score (nSPS) is 20.4. The van der Waals surface area contributed by atoms with E-state index in [4.69, 9.17) is 14.2 Å². The van der Waals surface area contributed by atoms with E-state index in [0.29, 0.717) is 29.4 Å². The van der Waals surface area contributed by atoms with Gasteiger partial charge in [0.25, 0.3) is 11.7 Å². The van der Waals surface area contributed by atoms with E-state index in [2.05, 4.69) is 0 Å². The van der Waals surface area contributed by atoms with Gasteiger partial charge in [-0.3, -0.25) is 9.59 Å². The molecule has 0 spiro atoms. The van der Waals surface area contributed by atoms with Gasteiger partial charge in [-0.2, -0.15) is 0 Å². The van der Waals surface area contributed by atoms with E-state index in [1.54, 1.807) is 23.1 Å². The molecular weight excluding hydrogens is 434 g/mol. The summed E-state index contributed by atoms with van der Waals surface area (Å²) in [5.74, 6) is 0.0271. The summed E-state index contributed by atoms with van der Waals surface area (Å²) in [6.07, 6.45) is 4.80. The molecule has 34 heavy (non-hydrogen) atoms. The summed E-state index contributed by atoms with van der Waals surface area (Å²) in [5.41, 5.74) is 1.12. The fraction of sp³-hybridized carbons (Fsp3) is 0.407. The largest absolute Gasteiger partial charge is 0.507 e. The van der Waals surface area contributed by atoms with Crippen molar-refractivity contribution in [3.63, 3.8) is 0 Å². The lowest BCUT2D eigenvalue weighted by atomic mass is 9.90. The molecule has 0 aromatic heterocycles. The Hall–Kier alpha value is -3.48. The lowest BCUT2D eigenvalue weighted by Gasteiger charge is -2.35. The molecule has 0 bridgehead atoms. The topological polar surface area (TPSA) is 85.3 Å². The quantitative estimate of drug-likeness (QED) is 0.357. The first-order chi connectivity index (χ1) is 16.5. The van der Waals surface area contributed by atoms with Gasteiger partial charge < -0.3 is 24.2 Å². The van der Waals surface area contributed by atoms with Crippen molar-refractivity contribution in [2.45, 2.75) is 51.1 Å². The molecule has 7 nitrogen and oxygen atoms in total. The number of nitrogens with zero attached hydrogens (tertiary/aromatic N) is 1. The van der Waals surface area contributed by atoms with Crippen molar-refractivity contribution in [2.75, 3.05) is 20.8 Å². The summed E-state index contributed by atoms with van der Waals surface area (Å²) in [7, 11) is 3.02. The van der Waals surface area contributed by atoms with Crippen molar-refractivity contribution in [3.8, 4) is 17.2 Å². The van der Waals surface area contributed by atoms with Crippen LogP contribution in [0, 0.1) is 0 Å². The van der Waals surface area contributed by atoms with Gasteiger partial charge in [0, 0.05) is 12.1 Å². The van der Waals surface area contributed by atoms with E-state index in [9.17, 15) is 14.7 Å². The van der Waals surface area contributed by atoms with Crippen molar-refractivity contribution in [1.82, 2.24) is 4.90 Å². The Morgan fingerprint density at radius 1 is 1.00 bits per heavy atom. The van der Waals surface area contributed by atoms with Crippen LogP contribution in [0.4, 0.5) is 0 Å². The second-order valence-electron chi connectivity index (χ2n) is 8.57. The third-order valence-electron chi connectivity index (χ3n) is 6.60. The zero-order valence-electron chi connectivity index (χ0n) is 19.9. The highest BCUT2D eigenvalue weighted by atomic mass is 16.5. The zero-order valence-corrected chi connectivity index (χ0v) is 19.9. The molecule has 1 aliphatic heterocycles. The Morgan fingerprint density at radius 2 is 1.76 bits per heavy atom. The maximum Gasteiger partial charge on any atom is 0.295 e. The summed E-state index contributed by atoms with van der Waals surface area (Å²) >= 11 is 0. The van der Waals surface area contributed by atoms with Crippen LogP contribution in [0.1, 0.15) is 56.2 Å². The summed E-state index contributed by atoms with van der Waals surface area (Å²) in [4.78, 5) is 28.4. The number of carbonyl (C=O) groups excluding carboxylic acids is 2. The number of methoxy groups -OCH3 is 2. The zero-order chi connectivity index (χ0) is 24.2. The number of ether oxygens (including phenoxy) is 3. The van der Waals surface area contributed by atoms with Gasteiger partial charge in [-0.05, 0) is 49.6 Å². The highest BCUT2D eigenvalue weighted by Crippen LogP contribution is 2.44. The van der Waals surface area contributed by atoms with Crippen LogP contribution < -0.4 is 14.2 Å². The number of carbonyl (C=O) groups is 2.